The van der Waals surface area contributed by atoms with Crippen molar-refractivity contribution in [2.75, 3.05) is 52.6 Å². The van der Waals surface area contributed by atoms with E-state index in [1.807, 2.05) is 24.4 Å². The lowest BCUT2D eigenvalue weighted by Crippen LogP contribution is -2.39. The topological polar surface area (TPSA) is 84.0 Å². The summed E-state index contributed by atoms with van der Waals surface area (Å²) in [4.78, 5) is 17.1. The third-order valence-corrected chi connectivity index (χ3v) is 4.40. The van der Waals surface area contributed by atoms with Crippen LogP contribution in [0.5, 0.6) is 0 Å². The van der Waals surface area contributed by atoms with Gasteiger partial charge in [0.15, 0.2) is 5.96 Å². The highest BCUT2D eigenvalue weighted by Gasteiger charge is 2.04. The second-order valence-corrected chi connectivity index (χ2v) is 6.80. The number of thiophene rings is 1. The molecule has 0 spiro atoms. The Balaban J connectivity index is 2.07. The number of ether oxygens (including phenoxy) is 2. The Morgan fingerprint density at radius 2 is 1.85 bits per heavy atom. The molecule has 1 rings (SSSR count). The average Bonchev–Trinajstić information content (AvgIpc) is 3.21. The van der Waals surface area contributed by atoms with Gasteiger partial charge in [0.25, 0.3) is 5.91 Å². The van der Waals surface area contributed by atoms with E-state index in [0.717, 1.165) is 43.3 Å². The molecule has 1 heterocycles. The maximum atomic E-state index is 11.8. The Morgan fingerprint density at radius 1 is 1.04 bits per heavy atom. The van der Waals surface area contributed by atoms with Crippen molar-refractivity contribution < 1.29 is 14.3 Å². The molecule has 0 radical (unpaired) electrons. The molecule has 8 heteroatoms. The van der Waals surface area contributed by atoms with E-state index >= 15 is 0 Å². The fourth-order valence-electron chi connectivity index (χ4n) is 2.12. The van der Waals surface area contributed by atoms with Crippen LogP contribution < -0.4 is 16.0 Å². The normalized spacial score (nSPS) is 11.4. The third-order valence-electron chi connectivity index (χ3n) is 3.53. The van der Waals surface area contributed by atoms with Crippen LogP contribution in [0.4, 0.5) is 0 Å². The molecule has 0 unspecified atom stereocenters. The number of nitrogens with one attached hydrogen (secondary N) is 3. The van der Waals surface area contributed by atoms with Crippen LogP contribution in [0.1, 0.15) is 42.8 Å². The van der Waals surface area contributed by atoms with Gasteiger partial charge in [0.2, 0.25) is 0 Å². The van der Waals surface area contributed by atoms with Gasteiger partial charge in [-0.2, -0.15) is 0 Å². The minimum atomic E-state index is -0.0187. The fraction of sp³-hybridized carbons (Fsp3) is 0.684. The van der Waals surface area contributed by atoms with Crippen LogP contribution >= 0.6 is 11.3 Å². The van der Waals surface area contributed by atoms with Gasteiger partial charge < -0.3 is 25.4 Å². The molecular formula is C19H34N4O3S. The molecular weight excluding hydrogens is 364 g/mol. The number of hydrogen-bond acceptors (Lipinski definition) is 5. The van der Waals surface area contributed by atoms with Crippen LogP contribution in [0.15, 0.2) is 22.5 Å². The zero-order chi connectivity index (χ0) is 19.6. The van der Waals surface area contributed by atoms with Gasteiger partial charge in [0.1, 0.15) is 0 Å². The summed E-state index contributed by atoms with van der Waals surface area (Å²) >= 11 is 1.45. The summed E-state index contributed by atoms with van der Waals surface area (Å²) in [5, 5.41) is 11.2. The van der Waals surface area contributed by atoms with Crippen LogP contribution in [0.3, 0.4) is 0 Å². The lowest BCUT2D eigenvalue weighted by atomic mass is 10.4. The van der Waals surface area contributed by atoms with Crippen molar-refractivity contribution in [2.24, 2.45) is 4.99 Å². The summed E-state index contributed by atoms with van der Waals surface area (Å²) in [7, 11) is 0. The van der Waals surface area contributed by atoms with Crippen molar-refractivity contribution in [2.45, 2.75) is 33.1 Å². The maximum Gasteiger partial charge on any atom is 0.261 e. The predicted octanol–water partition coefficient (Wildman–Crippen LogP) is 2.26. The van der Waals surface area contributed by atoms with E-state index in [9.17, 15) is 4.79 Å². The van der Waals surface area contributed by atoms with Gasteiger partial charge in [-0.1, -0.05) is 19.4 Å². The predicted molar refractivity (Wildman–Crippen MR) is 112 cm³/mol. The Bertz CT molecular complexity index is 509. The third kappa shape index (κ3) is 12.4. The smallest absolute Gasteiger partial charge is 0.261 e. The molecule has 0 aliphatic carbocycles. The first kappa shape index (κ1) is 23.4. The number of guanidine groups is 1. The van der Waals surface area contributed by atoms with Gasteiger partial charge in [-0.25, -0.2) is 0 Å². The van der Waals surface area contributed by atoms with Crippen LogP contribution in [0.25, 0.3) is 0 Å². The van der Waals surface area contributed by atoms with E-state index in [0.29, 0.717) is 39.5 Å². The van der Waals surface area contributed by atoms with Gasteiger partial charge in [-0.05, 0) is 31.2 Å². The lowest BCUT2D eigenvalue weighted by Gasteiger charge is -2.11. The van der Waals surface area contributed by atoms with E-state index in [-0.39, 0.29) is 5.91 Å². The first-order chi connectivity index (χ1) is 13.3. The number of aliphatic imine (C=N–C) groups is 1. The van der Waals surface area contributed by atoms with E-state index in [1.165, 1.54) is 11.3 Å². The molecule has 1 aromatic rings. The number of hydrogen-bond donors (Lipinski definition) is 3. The molecule has 27 heavy (non-hydrogen) atoms. The van der Waals surface area contributed by atoms with Crippen molar-refractivity contribution in [1.29, 1.82) is 0 Å². The van der Waals surface area contributed by atoms with Crippen molar-refractivity contribution in [3.05, 3.63) is 22.4 Å². The Labute approximate surface area is 166 Å². The second kappa shape index (κ2) is 16.5. The quantitative estimate of drug-likeness (QED) is 0.240. The molecule has 0 aliphatic rings. The molecule has 0 fully saturated rings. The number of amides is 1. The van der Waals surface area contributed by atoms with E-state index in [4.69, 9.17) is 9.47 Å². The Morgan fingerprint density at radius 3 is 2.56 bits per heavy atom. The molecule has 0 saturated heterocycles. The van der Waals surface area contributed by atoms with Gasteiger partial charge in [-0.3, -0.25) is 9.79 Å². The molecule has 1 aromatic heterocycles. The second-order valence-electron chi connectivity index (χ2n) is 5.85. The van der Waals surface area contributed by atoms with Crippen LogP contribution in [-0.4, -0.2) is 64.5 Å². The van der Waals surface area contributed by atoms with E-state index < -0.39 is 0 Å². The summed E-state index contributed by atoms with van der Waals surface area (Å²) in [6.07, 6.45) is 3.04. The van der Waals surface area contributed by atoms with E-state index in [1.54, 1.807) is 0 Å². The summed E-state index contributed by atoms with van der Waals surface area (Å²) in [6.45, 7) is 9.60. The van der Waals surface area contributed by atoms with Gasteiger partial charge in [0, 0.05) is 32.8 Å². The minimum absolute atomic E-state index is 0.0187. The molecule has 0 aromatic carbocycles. The number of carbonyl (C=O) groups excluding carboxylic acids is 1. The highest BCUT2D eigenvalue weighted by Crippen LogP contribution is 2.07. The summed E-state index contributed by atoms with van der Waals surface area (Å²) < 4.78 is 11.0. The first-order valence-corrected chi connectivity index (χ1v) is 10.6. The zero-order valence-corrected chi connectivity index (χ0v) is 17.4. The summed E-state index contributed by atoms with van der Waals surface area (Å²) in [6, 6.07) is 3.70. The first-order valence-electron chi connectivity index (χ1n) is 9.77. The maximum absolute atomic E-state index is 11.8. The molecule has 0 aliphatic heterocycles. The molecule has 0 bridgehead atoms. The largest absolute Gasteiger partial charge is 0.379 e. The molecule has 1 amide bonds. The monoisotopic (exact) mass is 398 g/mol. The van der Waals surface area contributed by atoms with Crippen molar-refractivity contribution in [1.82, 2.24) is 16.0 Å². The van der Waals surface area contributed by atoms with Crippen LogP contribution in [0.2, 0.25) is 0 Å². The van der Waals surface area contributed by atoms with Gasteiger partial charge >= 0.3 is 0 Å². The Kier molecular flexibility index (Phi) is 14.3. The molecule has 3 N–H and O–H groups in total. The molecule has 7 nitrogen and oxygen atoms in total. The zero-order valence-electron chi connectivity index (χ0n) is 16.6. The summed E-state index contributed by atoms with van der Waals surface area (Å²) in [5.74, 6) is 0.750. The Hall–Kier alpha value is -1.64. The SMILES string of the molecule is CCCCOCCOCCNC(=NCCCNC(=O)c1cccs1)NCC. The molecule has 0 atom stereocenters. The number of carbonyl (C=O) groups is 1. The highest BCUT2D eigenvalue weighted by atomic mass is 32.1. The highest BCUT2D eigenvalue weighted by molar-refractivity contribution is 7.12. The van der Waals surface area contributed by atoms with Crippen LogP contribution in [0, 0.1) is 0 Å². The van der Waals surface area contributed by atoms with Gasteiger partial charge in [-0.15, -0.1) is 11.3 Å². The van der Waals surface area contributed by atoms with Crippen molar-refractivity contribution >= 4 is 23.2 Å². The van der Waals surface area contributed by atoms with Crippen molar-refractivity contribution in [3.8, 4) is 0 Å². The lowest BCUT2D eigenvalue weighted by molar-refractivity contribution is 0.0487. The standard InChI is InChI=1S/C19H34N4O3S/c1-3-5-12-25-14-15-26-13-11-23-19(20-4-2)22-10-7-9-21-18(24)17-8-6-16-27-17/h6,8,16H,3-5,7,9-15H2,1-2H3,(H,21,24)(H2,20,22,23). The fourth-order valence-corrected chi connectivity index (χ4v) is 2.76. The molecule has 154 valence electrons. The van der Waals surface area contributed by atoms with Crippen LogP contribution in [-0.2, 0) is 9.47 Å². The number of nitrogens with zero attached hydrogens (tertiary/aromatic N) is 1. The average molecular weight is 399 g/mol. The van der Waals surface area contributed by atoms with Gasteiger partial charge in [0.05, 0.1) is 24.7 Å². The molecule has 0 saturated carbocycles. The minimum Gasteiger partial charge on any atom is -0.379 e. The van der Waals surface area contributed by atoms with Crippen molar-refractivity contribution in [3.63, 3.8) is 0 Å². The summed E-state index contributed by atoms with van der Waals surface area (Å²) in [5.41, 5.74) is 0. The number of rotatable bonds is 15. The number of unbranched alkanes of at least 4 members (excludes halogenated alkanes) is 1. The van der Waals surface area contributed by atoms with E-state index in [2.05, 4.69) is 27.9 Å².